The molecule has 0 saturated carbocycles. The normalized spacial score (nSPS) is 11.6. The van der Waals surface area contributed by atoms with Gasteiger partial charge in [0.05, 0.1) is 5.41 Å². The molecule has 0 unspecified atom stereocenters. The summed E-state index contributed by atoms with van der Waals surface area (Å²) in [5.74, 6) is -0.263. The van der Waals surface area contributed by atoms with Crippen LogP contribution in [0.5, 0.6) is 0 Å². The van der Waals surface area contributed by atoms with E-state index in [9.17, 15) is 9.18 Å². The third-order valence-electron chi connectivity index (χ3n) is 2.99. The van der Waals surface area contributed by atoms with Crippen LogP contribution in [-0.4, -0.2) is 5.78 Å². The summed E-state index contributed by atoms with van der Waals surface area (Å²) in [7, 11) is 0. The van der Waals surface area contributed by atoms with Crippen LogP contribution in [0.25, 0.3) is 0 Å². The van der Waals surface area contributed by atoms with E-state index in [0.717, 1.165) is 10.0 Å². The van der Waals surface area contributed by atoms with Crippen molar-refractivity contribution in [2.45, 2.75) is 19.3 Å². The summed E-state index contributed by atoms with van der Waals surface area (Å²) in [6, 6.07) is 6.08. The summed E-state index contributed by atoms with van der Waals surface area (Å²) < 4.78 is 13.7. The van der Waals surface area contributed by atoms with Crippen LogP contribution in [0.2, 0.25) is 0 Å². The topological polar surface area (TPSA) is 17.1 Å². The maximum absolute atomic E-state index is 12.9. The standard InChI is InChI=1S/C14H12BrFOS/c1-14(2,9-3-5-10(16)6-4-9)13(17)11-7-18-8-12(11)15/h3-8H,1-2H3. The van der Waals surface area contributed by atoms with E-state index >= 15 is 0 Å². The van der Waals surface area contributed by atoms with Crippen LogP contribution in [0, 0.1) is 5.82 Å². The van der Waals surface area contributed by atoms with E-state index in [1.54, 1.807) is 12.1 Å². The Morgan fingerprint density at radius 2 is 1.83 bits per heavy atom. The summed E-state index contributed by atoms with van der Waals surface area (Å²) in [5.41, 5.74) is 0.818. The summed E-state index contributed by atoms with van der Waals surface area (Å²) in [6.45, 7) is 3.71. The van der Waals surface area contributed by atoms with Crippen LogP contribution in [0.15, 0.2) is 39.5 Å². The molecule has 0 atom stereocenters. The van der Waals surface area contributed by atoms with E-state index in [4.69, 9.17) is 0 Å². The lowest BCUT2D eigenvalue weighted by Crippen LogP contribution is -2.29. The van der Waals surface area contributed by atoms with Gasteiger partial charge >= 0.3 is 0 Å². The molecule has 4 heteroatoms. The van der Waals surface area contributed by atoms with Crippen LogP contribution in [0.1, 0.15) is 29.8 Å². The van der Waals surface area contributed by atoms with Crippen LogP contribution < -0.4 is 0 Å². The number of benzene rings is 1. The summed E-state index contributed by atoms with van der Waals surface area (Å²) in [6.07, 6.45) is 0. The zero-order valence-corrected chi connectivity index (χ0v) is 12.4. The van der Waals surface area contributed by atoms with Gasteiger partial charge in [-0.15, -0.1) is 0 Å². The quantitative estimate of drug-likeness (QED) is 0.740. The van der Waals surface area contributed by atoms with Gasteiger partial charge in [-0.05, 0) is 47.5 Å². The molecule has 0 spiro atoms. The van der Waals surface area contributed by atoms with Gasteiger partial charge < -0.3 is 0 Å². The van der Waals surface area contributed by atoms with Gasteiger partial charge in [0.2, 0.25) is 0 Å². The minimum absolute atomic E-state index is 0.0298. The molecule has 0 aliphatic heterocycles. The minimum atomic E-state index is -0.669. The molecule has 0 amide bonds. The number of carbonyl (C=O) groups is 1. The van der Waals surface area contributed by atoms with Gasteiger partial charge in [-0.25, -0.2) is 4.39 Å². The monoisotopic (exact) mass is 326 g/mol. The fraction of sp³-hybridized carbons (Fsp3) is 0.214. The van der Waals surface area contributed by atoms with E-state index in [-0.39, 0.29) is 11.6 Å². The van der Waals surface area contributed by atoms with Gasteiger partial charge in [-0.3, -0.25) is 4.79 Å². The van der Waals surface area contributed by atoms with Crippen LogP contribution in [-0.2, 0) is 5.41 Å². The van der Waals surface area contributed by atoms with Gasteiger partial charge in [0, 0.05) is 20.8 Å². The number of hydrogen-bond acceptors (Lipinski definition) is 2. The first kappa shape index (κ1) is 13.4. The minimum Gasteiger partial charge on any atom is -0.293 e. The third kappa shape index (κ3) is 2.40. The predicted octanol–water partition coefficient (Wildman–Crippen LogP) is 4.81. The Labute approximate surface area is 118 Å². The molecular weight excluding hydrogens is 315 g/mol. The molecule has 94 valence electrons. The Hall–Kier alpha value is -1.00. The summed E-state index contributed by atoms with van der Waals surface area (Å²) in [4.78, 5) is 12.5. The summed E-state index contributed by atoms with van der Waals surface area (Å²) >= 11 is 4.85. The van der Waals surface area contributed by atoms with Crippen molar-refractivity contribution in [1.29, 1.82) is 0 Å². The second kappa shape index (κ2) is 4.94. The fourth-order valence-electron chi connectivity index (χ4n) is 1.78. The highest BCUT2D eigenvalue weighted by atomic mass is 79.9. The van der Waals surface area contributed by atoms with Crippen molar-refractivity contribution in [2.75, 3.05) is 0 Å². The van der Waals surface area contributed by atoms with Gasteiger partial charge in [0.1, 0.15) is 5.82 Å². The molecule has 0 saturated heterocycles. The molecule has 0 radical (unpaired) electrons. The number of Topliss-reactive ketones (excluding diaryl/α,β-unsaturated/α-hetero) is 1. The van der Waals surface area contributed by atoms with E-state index in [2.05, 4.69) is 15.9 Å². The van der Waals surface area contributed by atoms with Crippen molar-refractivity contribution >= 4 is 33.0 Å². The Kier molecular flexibility index (Phi) is 3.69. The second-order valence-corrected chi connectivity index (χ2v) is 6.19. The van der Waals surface area contributed by atoms with Crippen molar-refractivity contribution in [3.8, 4) is 0 Å². The zero-order valence-electron chi connectivity index (χ0n) is 10.0. The maximum atomic E-state index is 12.9. The first-order valence-corrected chi connectivity index (χ1v) is 7.19. The number of rotatable bonds is 3. The Morgan fingerprint density at radius 3 is 2.33 bits per heavy atom. The van der Waals surface area contributed by atoms with E-state index in [1.807, 2.05) is 24.6 Å². The SMILES string of the molecule is CC(C)(C(=O)c1cscc1Br)c1ccc(F)cc1. The zero-order chi connectivity index (χ0) is 13.3. The largest absolute Gasteiger partial charge is 0.293 e. The number of carbonyl (C=O) groups excluding carboxylic acids is 1. The van der Waals surface area contributed by atoms with Crippen LogP contribution in [0.4, 0.5) is 4.39 Å². The lowest BCUT2D eigenvalue weighted by atomic mass is 9.78. The summed E-state index contributed by atoms with van der Waals surface area (Å²) in [5, 5.41) is 3.71. The number of thiophene rings is 1. The maximum Gasteiger partial charge on any atom is 0.174 e. The van der Waals surface area contributed by atoms with Crippen LogP contribution >= 0.6 is 27.3 Å². The van der Waals surface area contributed by atoms with E-state index in [1.165, 1.54) is 23.5 Å². The number of ketones is 1. The molecule has 18 heavy (non-hydrogen) atoms. The van der Waals surface area contributed by atoms with Crippen molar-refractivity contribution < 1.29 is 9.18 Å². The molecule has 1 aromatic carbocycles. The second-order valence-electron chi connectivity index (χ2n) is 4.59. The van der Waals surface area contributed by atoms with E-state index in [0.29, 0.717) is 5.56 Å². The number of halogens is 2. The molecule has 1 heterocycles. The van der Waals surface area contributed by atoms with Gasteiger partial charge in [-0.1, -0.05) is 12.1 Å². The average Bonchev–Trinajstić information content (AvgIpc) is 2.75. The van der Waals surface area contributed by atoms with Gasteiger partial charge in [0.15, 0.2) is 5.78 Å². The van der Waals surface area contributed by atoms with E-state index < -0.39 is 5.41 Å². The molecule has 0 N–H and O–H groups in total. The molecule has 2 rings (SSSR count). The number of hydrogen-bond donors (Lipinski definition) is 0. The Balaban J connectivity index is 2.39. The van der Waals surface area contributed by atoms with Gasteiger partial charge in [-0.2, -0.15) is 11.3 Å². The lowest BCUT2D eigenvalue weighted by molar-refractivity contribution is 0.0908. The Bertz CT molecular complexity index is 572. The molecular formula is C14H12BrFOS. The van der Waals surface area contributed by atoms with Crippen LogP contribution in [0.3, 0.4) is 0 Å². The molecule has 1 nitrogen and oxygen atoms in total. The first-order valence-electron chi connectivity index (χ1n) is 5.45. The molecule has 0 aliphatic rings. The fourth-order valence-corrected chi connectivity index (χ4v) is 3.23. The third-order valence-corrected chi connectivity index (χ3v) is 4.70. The lowest BCUT2D eigenvalue weighted by Gasteiger charge is -2.23. The highest BCUT2D eigenvalue weighted by molar-refractivity contribution is 9.10. The van der Waals surface area contributed by atoms with Crippen molar-refractivity contribution in [1.82, 2.24) is 0 Å². The van der Waals surface area contributed by atoms with Crippen molar-refractivity contribution in [3.05, 3.63) is 56.4 Å². The highest BCUT2D eigenvalue weighted by Gasteiger charge is 2.32. The van der Waals surface area contributed by atoms with Gasteiger partial charge in [0.25, 0.3) is 0 Å². The molecule has 2 aromatic rings. The first-order chi connectivity index (χ1) is 8.43. The van der Waals surface area contributed by atoms with Crippen molar-refractivity contribution in [2.24, 2.45) is 0 Å². The molecule has 0 fully saturated rings. The molecule has 0 aliphatic carbocycles. The van der Waals surface area contributed by atoms with Crippen molar-refractivity contribution in [3.63, 3.8) is 0 Å². The molecule has 1 aromatic heterocycles. The smallest absolute Gasteiger partial charge is 0.174 e. The highest BCUT2D eigenvalue weighted by Crippen LogP contribution is 2.32. The molecule has 0 bridgehead atoms. The average molecular weight is 327 g/mol. The predicted molar refractivity (Wildman–Crippen MR) is 75.8 cm³/mol. The Morgan fingerprint density at radius 1 is 1.22 bits per heavy atom.